The van der Waals surface area contributed by atoms with Crippen LogP contribution in [-0.4, -0.2) is 14.5 Å². The topological polar surface area (TPSA) is 34.0 Å². The summed E-state index contributed by atoms with van der Waals surface area (Å²) in [5, 5.41) is 4.50. The van der Waals surface area contributed by atoms with E-state index in [-0.39, 0.29) is 0 Å². The molecule has 0 radical (unpaired) electrons. The van der Waals surface area contributed by atoms with E-state index in [4.69, 9.17) is 9.97 Å². The maximum atomic E-state index is 5.09. The van der Waals surface area contributed by atoms with Crippen LogP contribution in [-0.2, 0) is 0 Å². The summed E-state index contributed by atoms with van der Waals surface area (Å²) >= 11 is 3.47. The molecule has 0 bridgehead atoms. The molecule has 0 unspecified atom stereocenters. The number of aromatic nitrogens is 3. The fraction of sp³-hybridized carbons (Fsp3) is 0. The summed E-state index contributed by atoms with van der Waals surface area (Å²) in [5.41, 5.74) is 11.2. The maximum absolute atomic E-state index is 5.09. The largest absolute Gasteiger partial charge is 0.310 e. The summed E-state index contributed by atoms with van der Waals surface area (Å²) in [6, 6.07) is 60.1. The van der Waals surface area contributed by atoms with E-state index in [1.54, 1.807) is 22.7 Å². The van der Waals surface area contributed by atoms with Gasteiger partial charge in [0.05, 0.1) is 31.5 Å². The number of para-hydroxylation sites is 4. The molecule has 0 N–H and O–H groups in total. The van der Waals surface area contributed by atoms with Gasteiger partial charge in [-0.1, -0.05) is 72.8 Å². The third-order valence-electron chi connectivity index (χ3n) is 9.23. The van der Waals surface area contributed by atoms with Gasteiger partial charge in [-0.15, -0.1) is 22.7 Å². The van der Waals surface area contributed by atoms with Crippen molar-refractivity contribution in [3.8, 4) is 26.8 Å². The predicted octanol–water partition coefficient (Wildman–Crippen LogP) is 12.8. The molecular formula is C44H28N4S2. The van der Waals surface area contributed by atoms with Crippen LogP contribution in [0.25, 0.3) is 69.1 Å². The summed E-state index contributed by atoms with van der Waals surface area (Å²) in [6.07, 6.45) is 0. The van der Waals surface area contributed by atoms with Crippen LogP contribution >= 0.6 is 22.7 Å². The van der Waals surface area contributed by atoms with Gasteiger partial charge in [-0.2, -0.15) is 0 Å². The number of hydrogen-bond donors (Lipinski definition) is 0. The molecular weight excluding hydrogens is 649 g/mol. The van der Waals surface area contributed by atoms with E-state index in [2.05, 4.69) is 179 Å². The minimum absolute atomic E-state index is 1.00. The lowest BCUT2D eigenvalue weighted by Crippen LogP contribution is -2.09. The van der Waals surface area contributed by atoms with Crippen molar-refractivity contribution >= 4 is 82.0 Å². The van der Waals surface area contributed by atoms with Crippen molar-refractivity contribution in [1.82, 2.24) is 14.5 Å². The molecule has 0 saturated heterocycles. The van der Waals surface area contributed by atoms with Crippen LogP contribution in [0.2, 0.25) is 0 Å². The first kappa shape index (κ1) is 28.9. The Balaban J connectivity index is 1.02. The molecule has 3 heterocycles. The molecule has 10 aromatic rings. The van der Waals surface area contributed by atoms with Gasteiger partial charge < -0.3 is 9.47 Å². The molecule has 0 atom stereocenters. The first-order chi connectivity index (χ1) is 24.8. The molecule has 3 aromatic heterocycles. The van der Waals surface area contributed by atoms with Crippen molar-refractivity contribution in [1.29, 1.82) is 0 Å². The number of nitrogens with zero attached hydrogens (tertiary/aromatic N) is 4. The minimum Gasteiger partial charge on any atom is -0.310 e. The number of thiazole rings is 2. The second-order valence-electron chi connectivity index (χ2n) is 12.3. The normalized spacial score (nSPS) is 11.6. The number of rotatable bonds is 6. The Morgan fingerprint density at radius 2 is 0.960 bits per heavy atom. The van der Waals surface area contributed by atoms with Crippen LogP contribution in [0.4, 0.5) is 17.1 Å². The number of fused-ring (bicyclic) bond motifs is 5. The molecule has 0 fully saturated rings. The van der Waals surface area contributed by atoms with E-state index in [0.717, 1.165) is 64.3 Å². The van der Waals surface area contributed by atoms with Gasteiger partial charge in [0, 0.05) is 44.6 Å². The molecule has 0 saturated carbocycles. The van der Waals surface area contributed by atoms with Gasteiger partial charge in [-0.3, -0.25) is 0 Å². The van der Waals surface area contributed by atoms with Gasteiger partial charge in [-0.05, 0) is 97.1 Å². The van der Waals surface area contributed by atoms with Crippen LogP contribution in [0.5, 0.6) is 0 Å². The second-order valence-corrected chi connectivity index (χ2v) is 14.4. The zero-order valence-corrected chi connectivity index (χ0v) is 28.4. The highest BCUT2D eigenvalue weighted by Gasteiger charge is 2.17. The zero-order chi connectivity index (χ0) is 33.0. The monoisotopic (exact) mass is 676 g/mol. The van der Waals surface area contributed by atoms with Crippen LogP contribution in [0, 0.1) is 0 Å². The Morgan fingerprint density at radius 1 is 0.420 bits per heavy atom. The van der Waals surface area contributed by atoms with E-state index < -0.39 is 0 Å². The van der Waals surface area contributed by atoms with Crippen molar-refractivity contribution < 1.29 is 0 Å². The first-order valence-electron chi connectivity index (χ1n) is 16.6. The fourth-order valence-electron chi connectivity index (χ4n) is 6.92. The van der Waals surface area contributed by atoms with Crippen LogP contribution in [0.15, 0.2) is 170 Å². The summed E-state index contributed by atoms with van der Waals surface area (Å²) < 4.78 is 4.66. The summed E-state index contributed by atoms with van der Waals surface area (Å²) in [7, 11) is 0. The second kappa shape index (κ2) is 11.8. The average molecular weight is 677 g/mol. The molecule has 236 valence electrons. The van der Waals surface area contributed by atoms with Gasteiger partial charge >= 0.3 is 0 Å². The van der Waals surface area contributed by atoms with E-state index in [0.29, 0.717) is 0 Å². The minimum atomic E-state index is 1.00. The number of hydrogen-bond acceptors (Lipinski definition) is 5. The van der Waals surface area contributed by atoms with Crippen molar-refractivity contribution in [3.63, 3.8) is 0 Å². The first-order valence-corrected chi connectivity index (χ1v) is 18.2. The third kappa shape index (κ3) is 4.88. The standard InChI is InChI=1S/C44H28N4S2/c1-4-12-31(13-5-1)47(32-14-6-2-7-15-32)34-22-24-38-42(28-34)50-44(46-38)30-20-23-37-41(27-30)49-43(45-37)29-21-25-40-36(26-29)35-18-10-11-19-39(35)48(40)33-16-8-3-9-17-33/h1-28H. The highest BCUT2D eigenvalue weighted by molar-refractivity contribution is 7.22. The third-order valence-corrected chi connectivity index (χ3v) is 11.4. The molecule has 0 aliphatic rings. The average Bonchev–Trinajstić information content (AvgIpc) is 3.89. The zero-order valence-electron chi connectivity index (χ0n) is 26.8. The molecule has 4 nitrogen and oxygen atoms in total. The van der Waals surface area contributed by atoms with Crippen molar-refractivity contribution in [2.45, 2.75) is 0 Å². The number of benzene rings is 7. The van der Waals surface area contributed by atoms with Crippen LogP contribution < -0.4 is 4.90 Å². The summed E-state index contributed by atoms with van der Waals surface area (Å²) in [6.45, 7) is 0. The quantitative estimate of drug-likeness (QED) is 0.176. The SMILES string of the molecule is c1ccc(N(c2ccccc2)c2ccc3nc(-c4ccc5nc(-c6ccc7c(c6)c6ccccc6n7-c6ccccc6)sc5c4)sc3c2)cc1. The Labute approximate surface area is 296 Å². The molecule has 7 aromatic carbocycles. The van der Waals surface area contributed by atoms with Crippen LogP contribution in [0.1, 0.15) is 0 Å². The Hall–Kier alpha value is -6.08. The van der Waals surface area contributed by atoms with Gasteiger partial charge in [0.25, 0.3) is 0 Å². The van der Waals surface area contributed by atoms with E-state index >= 15 is 0 Å². The molecule has 6 heteroatoms. The van der Waals surface area contributed by atoms with Crippen LogP contribution in [0.3, 0.4) is 0 Å². The predicted molar refractivity (Wildman–Crippen MR) is 213 cm³/mol. The fourth-order valence-corrected chi connectivity index (χ4v) is 8.92. The molecule has 10 rings (SSSR count). The number of anilines is 3. The van der Waals surface area contributed by atoms with E-state index in [9.17, 15) is 0 Å². The molecule has 0 spiro atoms. The molecule has 0 aliphatic carbocycles. The summed E-state index contributed by atoms with van der Waals surface area (Å²) in [5.74, 6) is 0. The lowest BCUT2D eigenvalue weighted by molar-refractivity contribution is 1.18. The highest BCUT2D eigenvalue weighted by Crippen LogP contribution is 2.41. The van der Waals surface area contributed by atoms with Gasteiger partial charge in [0.2, 0.25) is 0 Å². The lowest BCUT2D eigenvalue weighted by atomic mass is 10.1. The molecule has 50 heavy (non-hydrogen) atoms. The Kier molecular flexibility index (Phi) is 6.82. The smallest absolute Gasteiger partial charge is 0.124 e. The van der Waals surface area contributed by atoms with Crippen molar-refractivity contribution in [3.05, 3.63) is 170 Å². The van der Waals surface area contributed by atoms with Crippen molar-refractivity contribution in [2.75, 3.05) is 4.90 Å². The van der Waals surface area contributed by atoms with E-state index in [1.807, 2.05) is 0 Å². The molecule has 0 amide bonds. The van der Waals surface area contributed by atoms with E-state index in [1.165, 1.54) is 21.8 Å². The summed E-state index contributed by atoms with van der Waals surface area (Å²) in [4.78, 5) is 12.5. The van der Waals surface area contributed by atoms with Gasteiger partial charge in [0.1, 0.15) is 10.0 Å². The maximum Gasteiger partial charge on any atom is 0.124 e. The van der Waals surface area contributed by atoms with Crippen molar-refractivity contribution in [2.24, 2.45) is 0 Å². The van der Waals surface area contributed by atoms with Gasteiger partial charge in [0.15, 0.2) is 0 Å². The molecule has 0 aliphatic heterocycles. The van der Waals surface area contributed by atoms with Gasteiger partial charge in [-0.25, -0.2) is 9.97 Å². The Morgan fingerprint density at radius 3 is 1.66 bits per heavy atom. The lowest BCUT2D eigenvalue weighted by Gasteiger charge is -2.25. The Bertz CT molecular complexity index is 2780. The highest BCUT2D eigenvalue weighted by atomic mass is 32.1.